The first-order valence-corrected chi connectivity index (χ1v) is 6.12. The number of carbonyl (C=O) groups excluding carboxylic acids is 2. The van der Waals surface area contributed by atoms with E-state index in [-0.39, 0.29) is 6.42 Å². The minimum Gasteiger partial charge on any atom is -0.548 e. The third kappa shape index (κ3) is 5.69. The number of ether oxygens (including phenoxy) is 1. The number of carboxylic acids is 1. The fourth-order valence-corrected chi connectivity index (χ4v) is 1.50. The minimum absolute atomic E-state index is 0.0120. The highest BCUT2D eigenvalue weighted by atomic mass is 19.1. The number of halogens is 1. The monoisotopic (exact) mass is 282 g/mol. The summed E-state index contributed by atoms with van der Waals surface area (Å²) in [7, 11) is 0. The lowest BCUT2D eigenvalue weighted by atomic mass is 10.1. The number of alkyl carbamates (subject to hydrolysis) is 1. The summed E-state index contributed by atoms with van der Waals surface area (Å²) in [5.41, 5.74) is -0.159. The van der Waals surface area contributed by atoms with Gasteiger partial charge in [0.25, 0.3) is 0 Å². The van der Waals surface area contributed by atoms with Crippen LogP contribution in [-0.2, 0) is 16.0 Å². The van der Waals surface area contributed by atoms with Crippen molar-refractivity contribution in [3.05, 3.63) is 35.6 Å². The molecule has 1 aromatic rings. The largest absolute Gasteiger partial charge is 0.548 e. The van der Waals surface area contributed by atoms with Crippen molar-refractivity contribution in [3.8, 4) is 0 Å². The van der Waals surface area contributed by atoms with Gasteiger partial charge in [0.1, 0.15) is 11.4 Å². The molecule has 1 amide bonds. The Hall–Kier alpha value is -2.11. The fraction of sp³-hybridized carbons (Fsp3) is 0.429. The molecule has 0 radical (unpaired) electrons. The zero-order chi connectivity index (χ0) is 15.3. The van der Waals surface area contributed by atoms with Gasteiger partial charge in [-0.3, -0.25) is 0 Å². The van der Waals surface area contributed by atoms with Crippen LogP contribution in [0.1, 0.15) is 26.3 Å². The standard InChI is InChI=1S/C14H18FNO4/c1-14(2,3)20-13(19)16-11(12(17)18)8-9-4-6-10(15)7-5-9/h4-7,11H,8H2,1-3H3,(H,16,19)(H,17,18)/p-1/t11-/m0/s1. The second-order valence-electron chi connectivity index (χ2n) is 5.35. The third-order valence-corrected chi connectivity index (χ3v) is 2.33. The van der Waals surface area contributed by atoms with Crippen molar-refractivity contribution in [1.29, 1.82) is 0 Å². The Labute approximate surface area is 116 Å². The van der Waals surface area contributed by atoms with Crippen LogP contribution in [0.5, 0.6) is 0 Å². The fourth-order valence-electron chi connectivity index (χ4n) is 1.50. The number of amides is 1. The Morgan fingerprint density at radius 3 is 2.30 bits per heavy atom. The minimum atomic E-state index is -1.43. The van der Waals surface area contributed by atoms with Crippen molar-refractivity contribution < 1.29 is 23.8 Å². The maximum Gasteiger partial charge on any atom is 0.408 e. The van der Waals surface area contributed by atoms with Crippen molar-refractivity contribution in [1.82, 2.24) is 5.32 Å². The summed E-state index contributed by atoms with van der Waals surface area (Å²) in [6, 6.07) is 4.09. The predicted octanol–water partition coefficient (Wildman–Crippen LogP) is 1.01. The molecule has 1 N–H and O–H groups in total. The smallest absolute Gasteiger partial charge is 0.408 e. The summed E-state index contributed by atoms with van der Waals surface area (Å²) in [6.07, 6.45) is -0.851. The summed E-state index contributed by atoms with van der Waals surface area (Å²) in [5, 5.41) is 13.2. The molecular weight excluding hydrogens is 265 g/mol. The molecule has 5 nitrogen and oxygen atoms in total. The average molecular weight is 282 g/mol. The number of rotatable bonds is 4. The number of nitrogens with one attached hydrogen (secondary N) is 1. The SMILES string of the molecule is CC(C)(C)OC(=O)N[C@@H](Cc1ccc(F)cc1)C(=O)[O-]. The molecule has 110 valence electrons. The molecule has 1 atom stereocenters. The zero-order valence-electron chi connectivity index (χ0n) is 11.6. The van der Waals surface area contributed by atoms with Crippen molar-refractivity contribution in [2.75, 3.05) is 0 Å². The highest BCUT2D eigenvalue weighted by molar-refractivity contribution is 5.79. The van der Waals surface area contributed by atoms with Crippen LogP contribution in [0.15, 0.2) is 24.3 Å². The van der Waals surface area contributed by atoms with Crippen molar-refractivity contribution in [2.24, 2.45) is 0 Å². The van der Waals surface area contributed by atoms with E-state index in [1.165, 1.54) is 24.3 Å². The maximum absolute atomic E-state index is 12.8. The number of hydrogen-bond donors (Lipinski definition) is 1. The van der Waals surface area contributed by atoms with E-state index in [0.717, 1.165) is 0 Å². The van der Waals surface area contributed by atoms with E-state index >= 15 is 0 Å². The quantitative estimate of drug-likeness (QED) is 0.894. The molecule has 6 heteroatoms. The van der Waals surface area contributed by atoms with Gasteiger partial charge in [0, 0.05) is 0 Å². The van der Waals surface area contributed by atoms with Gasteiger partial charge in [-0.05, 0) is 44.9 Å². The molecule has 0 heterocycles. The number of benzene rings is 1. The molecule has 0 saturated carbocycles. The van der Waals surface area contributed by atoms with Crippen molar-refractivity contribution >= 4 is 12.1 Å². The zero-order valence-corrected chi connectivity index (χ0v) is 11.6. The van der Waals surface area contributed by atoms with Gasteiger partial charge in [0.2, 0.25) is 0 Å². The number of carbonyl (C=O) groups is 2. The molecule has 0 spiro atoms. The normalized spacial score (nSPS) is 12.6. The highest BCUT2D eigenvalue weighted by Gasteiger charge is 2.20. The van der Waals surface area contributed by atoms with E-state index in [0.29, 0.717) is 5.56 Å². The molecular formula is C14H17FNO4-. The van der Waals surface area contributed by atoms with Gasteiger partial charge in [0.05, 0.1) is 12.0 Å². The summed E-state index contributed by atoms with van der Waals surface area (Å²) < 4.78 is 17.7. The van der Waals surface area contributed by atoms with Crippen LogP contribution in [0.2, 0.25) is 0 Å². The molecule has 0 unspecified atom stereocenters. The Kier molecular flexibility index (Phi) is 5.07. The molecule has 0 aromatic heterocycles. The maximum atomic E-state index is 12.8. The molecule has 20 heavy (non-hydrogen) atoms. The second-order valence-corrected chi connectivity index (χ2v) is 5.35. The summed E-state index contributed by atoms with van der Waals surface area (Å²) in [6.45, 7) is 5.00. The van der Waals surface area contributed by atoms with E-state index in [9.17, 15) is 19.1 Å². The summed E-state index contributed by atoms with van der Waals surface area (Å²) in [5.74, 6) is -1.85. The van der Waals surface area contributed by atoms with Crippen molar-refractivity contribution in [3.63, 3.8) is 0 Å². The molecule has 0 aliphatic heterocycles. The Balaban J connectivity index is 2.68. The predicted molar refractivity (Wildman–Crippen MR) is 68.3 cm³/mol. The van der Waals surface area contributed by atoms with E-state index < -0.39 is 29.5 Å². The molecule has 0 aliphatic rings. The van der Waals surface area contributed by atoms with Crippen molar-refractivity contribution in [2.45, 2.75) is 38.8 Å². The van der Waals surface area contributed by atoms with Gasteiger partial charge in [-0.2, -0.15) is 0 Å². The average Bonchev–Trinajstić information content (AvgIpc) is 2.28. The Morgan fingerprint density at radius 2 is 1.85 bits per heavy atom. The molecule has 0 aliphatic carbocycles. The van der Waals surface area contributed by atoms with Crippen LogP contribution in [-0.4, -0.2) is 23.7 Å². The van der Waals surface area contributed by atoms with E-state index in [1.54, 1.807) is 20.8 Å². The van der Waals surface area contributed by atoms with Crippen LogP contribution in [0.3, 0.4) is 0 Å². The van der Waals surface area contributed by atoms with E-state index in [1.807, 2.05) is 0 Å². The first kappa shape index (κ1) is 15.9. The van der Waals surface area contributed by atoms with Gasteiger partial charge in [-0.1, -0.05) is 12.1 Å². The molecule has 0 saturated heterocycles. The van der Waals surface area contributed by atoms with E-state index in [2.05, 4.69) is 5.32 Å². The second kappa shape index (κ2) is 6.36. The first-order chi connectivity index (χ1) is 9.17. The first-order valence-electron chi connectivity index (χ1n) is 6.12. The lowest BCUT2D eigenvalue weighted by molar-refractivity contribution is -0.308. The number of hydrogen-bond acceptors (Lipinski definition) is 4. The summed E-state index contributed by atoms with van der Waals surface area (Å²) in [4.78, 5) is 22.5. The van der Waals surface area contributed by atoms with Gasteiger partial charge in [-0.25, -0.2) is 9.18 Å². The molecule has 1 aromatic carbocycles. The molecule has 0 bridgehead atoms. The lowest BCUT2D eigenvalue weighted by Crippen LogP contribution is -2.50. The van der Waals surface area contributed by atoms with Gasteiger partial charge in [-0.15, -0.1) is 0 Å². The highest BCUT2D eigenvalue weighted by Crippen LogP contribution is 2.09. The Bertz CT molecular complexity index is 479. The van der Waals surface area contributed by atoms with Crippen LogP contribution in [0, 0.1) is 5.82 Å². The van der Waals surface area contributed by atoms with Crippen LogP contribution < -0.4 is 10.4 Å². The van der Waals surface area contributed by atoms with Gasteiger partial charge in [0.15, 0.2) is 0 Å². The van der Waals surface area contributed by atoms with Crippen LogP contribution in [0.4, 0.5) is 9.18 Å². The lowest BCUT2D eigenvalue weighted by Gasteiger charge is -2.24. The topological polar surface area (TPSA) is 78.5 Å². The molecule has 1 rings (SSSR count). The summed E-state index contributed by atoms with van der Waals surface area (Å²) >= 11 is 0. The number of aliphatic carboxylic acids is 1. The van der Waals surface area contributed by atoms with Gasteiger partial charge < -0.3 is 20.0 Å². The third-order valence-electron chi connectivity index (χ3n) is 2.33. The molecule has 0 fully saturated rings. The van der Waals surface area contributed by atoms with Crippen LogP contribution in [0.25, 0.3) is 0 Å². The van der Waals surface area contributed by atoms with Crippen LogP contribution >= 0.6 is 0 Å². The Morgan fingerprint density at radius 1 is 1.30 bits per heavy atom. The number of carboxylic acid groups (broad SMARTS) is 1. The van der Waals surface area contributed by atoms with Gasteiger partial charge >= 0.3 is 6.09 Å². The van der Waals surface area contributed by atoms with E-state index in [4.69, 9.17) is 4.74 Å².